The molecule has 5 nitrogen and oxygen atoms in total. The molecule has 182 valence electrons. The molecule has 0 aromatic heterocycles. The molecule has 5 rings (SSSR count). The lowest BCUT2D eigenvalue weighted by Gasteiger charge is -2.37. The van der Waals surface area contributed by atoms with Crippen molar-refractivity contribution < 1.29 is 23.5 Å². The fourth-order valence-corrected chi connectivity index (χ4v) is 5.63. The Morgan fingerprint density at radius 2 is 1.63 bits per heavy atom. The average molecular weight is 476 g/mol. The lowest BCUT2D eigenvalue weighted by Crippen LogP contribution is -2.36. The van der Waals surface area contributed by atoms with Gasteiger partial charge in [-0.3, -0.25) is 4.79 Å². The van der Waals surface area contributed by atoms with E-state index in [1.54, 1.807) is 19.2 Å². The monoisotopic (exact) mass is 475 g/mol. The Kier molecular flexibility index (Phi) is 6.46. The number of carbonyl (C=O) groups is 2. The zero-order valence-electron chi connectivity index (χ0n) is 20.1. The summed E-state index contributed by atoms with van der Waals surface area (Å²) in [5, 5.41) is 3.38. The zero-order valence-corrected chi connectivity index (χ0v) is 20.1. The number of hydrogen-bond acceptors (Lipinski definition) is 5. The summed E-state index contributed by atoms with van der Waals surface area (Å²) in [5.74, 6) is -0.548. The van der Waals surface area contributed by atoms with Gasteiger partial charge >= 0.3 is 5.97 Å². The third-order valence-electron chi connectivity index (χ3n) is 7.41. The predicted octanol–water partition coefficient (Wildman–Crippen LogP) is 5.68. The number of halogens is 1. The van der Waals surface area contributed by atoms with Crippen LogP contribution in [0.1, 0.15) is 68.4 Å². The fraction of sp³-hybridized carbons (Fsp3) is 0.379. The maximum atomic E-state index is 13.8. The van der Waals surface area contributed by atoms with Crippen LogP contribution in [0.5, 0.6) is 5.75 Å². The molecule has 0 unspecified atom stereocenters. The van der Waals surface area contributed by atoms with Crippen LogP contribution in [-0.4, -0.2) is 25.0 Å². The Morgan fingerprint density at radius 1 is 0.971 bits per heavy atom. The van der Waals surface area contributed by atoms with Gasteiger partial charge in [0.15, 0.2) is 5.78 Å². The van der Waals surface area contributed by atoms with Crippen molar-refractivity contribution >= 4 is 11.8 Å². The van der Waals surface area contributed by atoms with E-state index in [0.29, 0.717) is 29.7 Å². The van der Waals surface area contributed by atoms with Crippen molar-refractivity contribution in [3.05, 3.63) is 88.0 Å². The number of carbonyl (C=O) groups excluding carboxylic acids is 2. The van der Waals surface area contributed by atoms with Crippen LogP contribution in [0.2, 0.25) is 0 Å². The van der Waals surface area contributed by atoms with E-state index in [9.17, 15) is 14.0 Å². The third-order valence-corrected chi connectivity index (χ3v) is 7.41. The molecule has 0 radical (unpaired) electrons. The number of methoxy groups -OCH3 is 1. The van der Waals surface area contributed by atoms with E-state index >= 15 is 0 Å². The van der Waals surface area contributed by atoms with Gasteiger partial charge in [-0.25, -0.2) is 9.18 Å². The smallest absolute Gasteiger partial charge is 0.337 e. The molecule has 2 atom stereocenters. The van der Waals surface area contributed by atoms with Crippen LogP contribution < -0.4 is 10.1 Å². The second-order valence-corrected chi connectivity index (χ2v) is 9.65. The molecular formula is C29H30FNO4. The first-order chi connectivity index (χ1) is 16.9. The van der Waals surface area contributed by atoms with Crippen molar-refractivity contribution in [2.75, 3.05) is 7.11 Å². The molecule has 1 fully saturated rings. The van der Waals surface area contributed by atoms with Crippen LogP contribution in [0, 0.1) is 5.82 Å². The Morgan fingerprint density at radius 3 is 2.29 bits per heavy atom. The van der Waals surface area contributed by atoms with E-state index in [4.69, 9.17) is 9.47 Å². The molecule has 0 amide bonds. The van der Waals surface area contributed by atoms with E-state index < -0.39 is 11.9 Å². The number of rotatable bonds is 5. The molecule has 1 aliphatic heterocycles. The predicted molar refractivity (Wildman–Crippen MR) is 130 cm³/mol. The highest BCUT2D eigenvalue weighted by molar-refractivity contribution is 6.04. The maximum Gasteiger partial charge on any atom is 0.337 e. The summed E-state index contributed by atoms with van der Waals surface area (Å²) < 4.78 is 24.9. The van der Waals surface area contributed by atoms with Crippen LogP contribution in [-0.2, 0) is 14.3 Å². The van der Waals surface area contributed by atoms with Crippen LogP contribution >= 0.6 is 0 Å². The standard InChI is InChI=1S/C29H30FNO4/c1-17-26(29(33)35-23-5-3-4-6-23)27(19-7-11-21(30)12-8-19)28-24(31-17)15-20(16-25(28)32)18-9-13-22(34-2)14-10-18/h7-14,20,23,27,31H,3-6,15-16H2,1-2H3/t20-,27+/m0/s1. The summed E-state index contributed by atoms with van der Waals surface area (Å²) >= 11 is 0. The molecule has 2 aliphatic carbocycles. The quantitative estimate of drug-likeness (QED) is 0.564. The first kappa shape index (κ1) is 23.3. The highest BCUT2D eigenvalue weighted by Gasteiger charge is 2.42. The molecule has 35 heavy (non-hydrogen) atoms. The highest BCUT2D eigenvalue weighted by Crippen LogP contribution is 2.46. The van der Waals surface area contributed by atoms with Gasteiger partial charge in [0.25, 0.3) is 0 Å². The van der Waals surface area contributed by atoms with Crippen molar-refractivity contribution in [2.45, 2.75) is 63.4 Å². The number of allylic oxidation sites excluding steroid dienone is 3. The number of benzene rings is 2. The fourth-order valence-electron chi connectivity index (χ4n) is 5.63. The molecular weight excluding hydrogens is 445 g/mol. The Bertz CT molecular complexity index is 1190. The second kappa shape index (κ2) is 9.68. The van der Waals surface area contributed by atoms with E-state index in [1.165, 1.54) is 12.1 Å². The van der Waals surface area contributed by atoms with Gasteiger partial charge in [0.05, 0.1) is 12.7 Å². The number of esters is 1. The summed E-state index contributed by atoms with van der Waals surface area (Å²) in [6.07, 6.45) is 4.73. The van der Waals surface area contributed by atoms with Crippen molar-refractivity contribution in [3.63, 3.8) is 0 Å². The van der Waals surface area contributed by atoms with Crippen LogP contribution in [0.25, 0.3) is 0 Å². The molecule has 0 spiro atoms. The van der Waals surface area contributed by atoms with Crippen molar-refractivity contribution in [3.8, 4) is 5.75 Å². The topological polar surface area (TPSA) is 64.6 Å². The van der Waals surface area contributed by atoms with E-state index in [1.807, 2.05) is 31.2 Å². The summed E-state index contributed by atoms with van der Waals surface area (Å²) in [7, 11) is 1.63. The number of ketones is 1. The summed E-state index contributed by atoms with van der Waals surface area (Å²) in [6.45, 7) is 1.85. The first-order valence-electron chi connectivity index (χ1n) is 12.3. The molecule has 3 aliphatic rings. The first-order valence-corrected chi connectivity index (χ1v) is 12.3. The molecule has 1 N–H and O–H groups in total. The zero-order chi connectivity index (χ0) is 24.5. The van der Waals surface area contributed by atoms with Crippen LogP contribution in [0.4, 0.5) is 4.39 Å². The van der Waals surface area contributed by atoms with Gasteiger partial charge in [-0.2, -0.15) is 0 Å². The van der Waals surface area contributed by atoms with Crippen LogP contribution in [0.3, 0.4) is 0 Å². The minimum atomic E-state index is -0.579. The summed E-state index contributed by atoms with van der Waals surface area (Å²) in [4.78, 5) is 27.0. The molecule has 0 saturated heterocycles. The molecule has 0 bridgehead atoms. The number of ether oxygens (including phenoxy) is 2. The minimum Gasteiger partial charge on any atom is -0.497 e. The Balaban J connectivity index is 1.51. The van der Waals surface area contributed by atoms with E-state index in [-0.39, 0.29) is 23.6 Å². The molecule has 1 heterocycles. The van der Waals surface area contributed by atoms with Gasteiger partial charge in [0.1, 0.15) is 17.7 Å². The highest BCUT2D eigenvalue weighted by atomic mass is 19.1. The van der Waals surface area contributed by atoms with Crippen LogP contribution in [0.15, 0.2) is 71.1 Å². The lowest BCUT2D eigenvalue weighted by atomic mass is 9.71. The van der Waals surface area contributed by atoms with Crippen molar-refractivity contribution in [2.24, 2.45) is 0 Å². The third kappa shape index (κ3) is 4.62. The molecule has 6 heteroatoms. The Hall–Kier alpha value is -3.41. The van der Waals surface area contributed by atoms with Gasteiger partial charge in [0, 0.05) is 29.3 Å². The SMILES string of the molecule is COc1ccc([C@@H]2CC(=O)C3=C(C2)NC(C)=C(C(=O)OC2CCCC2)[C@H]3c2ccc(F)cc2)cc1. The Labute approximate surface area is 205 Å². The van der Waals surface area contributed by atoms with Gasteiger partial charge in [-0.05, 0) is 80.3 Å². The summed E-state index contributed by atoms with van der Waals surface area (Å²) in [5.41, 5.74) is 4.33. The molecule has 2 aromatic carbocycles. The van der Waals surface area contributed by atoms with Gasteiger partial charge < -0.3 is 14.8 Å². The van der Waals surface area contributed by atoms with Gasteiger partial charge in [-0.1, -0.05) is 24.3 Å². The van der Waals surface area contributed by atoms with Gasteiger partial charge in [0.2, 0.25) is 0 Å². The van der Waals surface area contributed by atoms with Crippen molar-refractivity contribution in [1.29, 1.82) is 0 Å². The van der Waals surface area contributed by atoms with Crippen molar-refractivity contribution in [1.82, 2.24) is 5.32 Å². The average Bonchev–Trinajstić information content (AvgIpc) is 3.36. The minimum absolute atomic E-state index is 0.00689. The number of Topliss-reactive ketones (excluding diaryl/α,β-unsaturated/α-hetero) is 1. The largest absolute Gasteiger partial charge is 0.497 e. The molecule has 1 saturated carbocycles. The maximum absolute atomic E-state index is 13.8. The number of dihydropyridines is 1. The normalized spacial score (nSPS) is 22.7. The second-order valence-electron chi connectivity index (χ2n) is 9.65. The molecule has 2 aromatic rings. The number of nitrogens with one attached hydrogen (secondary N) is 1. The lowest BCUT2D eigenvalue weighted by molar-refractivity contribution is -0.144. The number of hydrogen-bond donors (Lipinski definition) is 1. The van der Waals surface area contributed by atoms with Gasteiger partial charge in [-0.15, -0.1) is 0 Å². The summed E-state index contributed by atoms with van der Waals surface area (Å²) in [6, 6.07) is 13.9. The van der Waals surface area contributed by atoms with E-state index in [2.05, 4.69) is 5.32 Å². The van der Waals surface area contributed by atoms with E-state index in [0.717, 1.165) is 48.3 Å².